The fourth-order valence-corrected chi connectivity index (χ4v) is 4.83. The third-order valence-electron chi connectivity index (χ3n) is 5.53. The molecule has 4 rings (SSSR count). The maximum atomic E-state index is 13.4. The maximum Gasteiger partial charge on any atom is 0.252 e. The molecule has 0 bridgehead atoms. The van der Waals surface area contributed by atoms with E-state index < -0.39 is 15.8 Å². The topological polar surface area (TPSA) is 99.1 Å². The van der Waals surface area contributed by atoms with Crippen LogP contribution in [0.25, 0.3) is 11.1 Å². The molecule has 0 saturated heterocycles. The van der Waals surface area contributed by atoms with Gasteiger partial charge < -0.3 is 5.32 Å². The first kappa shape index (κ1) is 24.8. The molecular weight excluding hydrogens is 477 g/mol. The van der Waals surface area contributed by atoms with Gasteiger partial charge in [-0.15, -0.1) is 0 Å². The van der Waals surface area contributed by atoms with Crippen LogP contribution < -0.4 is 10.0 Å². The molecule has 4 aromatic carbocycles. The summed E-state index contributed by atoms with van der Waals surface area (Å²) in [6, 6.07) is 28.1. The van der Waals surface area contributed by atoms with Gasteiger partial charge in [0.1, 0.15) is 5.82 Å². The molecule has 0 spiro atoms. The Morgan fingerprint density at radius 1 is 0.806 bits per heavy atom. The van der Waals surface area contributed by atoms with Crippen LogP contribution in [0.5, 0.6) is 0 Å². The predicted molar refractivity (Wildman–Crippen MR) is 135 cm³/mol. The molecule has 180 valence electrons. The Bertz CT molecular complexity index is 1560. The van der Waals surface area contributed by atoms with Crippen LogP contribution in [-0.2, 0) is 23.1 Å². The van der Waals surface area contributed by atoms with Gasteiger partial charge in [-0.25, -0.2) is 17.5 Å². The van der Waals surface area contributed by atoms with Crippen LogP contribution in [0, 0.1) is 17.1 Å². The fraction of sp³-hybridized carbons (Fsp3) is 0.0714. The van der Waals surface area contributed by atoms with E-state index in [0.717, 1.165) is 0 Å². The zero-order valence-electron chi connectivity index (χ0n) is 19.1. The molecule has 0 aromatic heterocycles. The molecule has 0 saturated carbocycles. The Morgan fingerprint density at radius 2 is 1.47 bits per heavy atom. The molecule has 6 nitrogen and oxygen atoms in total. The van der Waals surface area contributed by atoms with Gasteiger partial charge in [0.15, 0.2) is 0 Å². The van der Waals surface area contributed by atoms with E-state index in [4.69, 9.17) is 0 Å². The molecule has 4 aromatic rings. The third kappa shape index (κ3) is 5.84. The Kier molecular flexibility index (Phi) is 7.54. The Balaban J connectivity index is 1.48. The highest BCUT2D eigenvalue weighted by Crippen LogP contribution is 2.27. The highest BCUT2D eigenvalue weighted by Gasteiger charge is 2.17. The Labute approximate surface area is 209 Å². The van der Waals surface area contributed by atoms with Crippen LogP contribution >= 0.6 is 0 Å². The van der Waals surface area contributed by atoms with Gasteiger partial charge in [0, 0.05) is 24.2 Å². The van der Waals surface area contributed by atoms with Crippen molar-refractivity contribution in [1.29, 1.82) is 5.26 Å². The Hall–Kier alpha value is -4.32. The summed E-state index contributed by atoms with van der Waals surface area (Å²) in [5, 5.41) is 12.3. The summed E-state index contributed by atoms with van der Waals surface area (Å²) >= 11 is 0. The number of amides is 1. The van der Waals surface area contributed by atoms with Crippen molar-refractivity contribution in [1.82, 2.24) is 10.0 Å². The normalized spacial score (nSPS) is 11.0. The van der Waals surface area contributed by atoms with E-state index in [9.17, 15) is 22.9 Å². The number of hydrogen-bond acceptors (Lipinski definition) is 4. The summed E-state index contributed by atoms with van der Waals surface area (Å²) < 4.78 is 41.3. The maximum absolute atomic E-state index is 13.4. The SMILES string of the molecule is N#Cc1ccccc1-c1ccccc1C(=O)NCc1cccc(S(=O)(=O)NCc2cccc(F)c2)c1. The van der Waals surface area contributed by atoms with Crippen LogP contribution in [-0.4, -0.2) is 14.3 Å². The number of hydrogen-bond donors (Lipinski definition) is 2. The molecule has 0 heterocycles. The lowest BCUT2D eigenvalue weighted by atomic mass is 9.95. The molecule has 0 aliphatic carbocycles. The minimum Gasteiger partial charge on any atom is -0.348 e. The average Bonchev–Trinajstić information content (AvgIpc) is 2.91. The van der Waals surface area contributed by atoms with Crippen molar-refractivity contribution in [2.75, 3.05) is 0 Å². The van der Waals surface area contributed by atoms with Gasteiger partial charge in [-0.1, -0.05) is 60.7 Å². The number of nitrogens with one attached hydrogen (secondary N) is 2. The van der Waals surface area contributed by atoms with E-state index >= 15 is 0 Å². The fourth-order valence-electron chi connectivity index (χ4n) is 3.74. The monoisotopic (exact) mass is 499 g/mol. The van der Waals surface area contributed by atoms with E-state index in [2.05, 4.69) is 16.1 Å². The van der Waals surface area contributed by atoms with E-state index in [0.29, 0.717) is 33.4 Å². The van der Waals surface area contributed by atoms with Gasteiger partial charge in [-0.3, -0.25) is 4.79 Å². The lowest BCUT2D eigenvalue weighted by Crippen LogP contribution is -2.25. The van der Waals surface area contributed by atoms with Gasteiger partial charge in [0.25, 0.3) is 5.91 Å². The molecule has 8 heteroatoms. The second-order valence-corrected chi connectivity index (χ2v) is 9.75. The van der Waals surface area contributed by atoms with Crippen molar-refractivity contribution in [2.45, 2.75) is 18.0 Å². The molecule has 0 atom stereocenters. The van der Waals surface area contributed by atoms with Crippen molar-refractivity contribution in [3.8, 4) is 17.2 Å². The standard InChI is InChI=1S/C28H22FN3O3S/c29-23-10-5-7-20(15-23)19-32-36(34,35)24-11-6-8-21(16-24)18-31-28(33)27-14-4-3-13-26(27)25-12-2-1-9-22(25)17-30/h1-16,32H,18-19H2,(H,31,33). The molecule has 0 fully saturated rings. The van der Waals surface area contributed by atoms with Gasteiger partial charge in [-0.05, 0) is 53.1 Å². The number of benzene rings is 4. The van der Waals surface area contributed by atoms with Crippen molar-refractivity contribution in [3.05, 3.63) is 125 Å². The number of nitriles is 1. The number of carbonyl (C=O) groups is 1. The van der Waals surface area contributed by atoms with E-state index in [1.807, 2.05) is 0 Å². The van der Waals surface area contributed by atoms with Gasteiger partial charge in [0.2, 0.25) is 10.0 Å². The lowest BCUT2D eigenvalue weighted by Gasteiger charge is -2.12. The molecule has 0 aliphatic rings. The lowest BCUT2D eigenvalue weighted by molar-refractivity contribution is 0.0951. The van der Waals surface area contributed by atoms with Crippen molar-refractivity contribution < 1.29 is 17.6 Å². The largest absolute Gasteiger partial charge is 0.348 e. The highest BCUT2D eigenvalue weighted by molar-refractivity contribution is 7.89. The average molecular weight is 500 g/mol. The molecule has 0 aliphatic heterocycles. The van der Waals surface area contributed by atoms with Gasteiger partial charge in [0.05, 0.1) is 16.5 Å². The molecular formula is C28H22FN3O3S. The smallest absolute Gasteiger partial charge is 0.252 e. The first-order valence-electron chi connectivity index (χ1n) is 11.1. The van der Waals surface area contributed by atoms with Crippen LogP contribution in [0.1, 0.15) is 27.0 Å². The summed E-state index contributed by atoms with van der Waals surface area (Å²) in [4.78, 5) is 13.1. The third-order valence-corrected chi connectivity index (χ3v) is 6.93. The first-order valence-corrected chi connectivity index (χ1v) is 12.6. The number of rotatable bonds is 8. The quantitative estimate of drug-likeness (QED) is 0.365. The molecule has 0 unspecified atom stereocenters. The zero-order chi connectivity index (χ0) is 25.5. The van der Waals surface area contributed by atoms with Crippen molar-refractivity contribution in [2.24, 2.45) is 0 Å². The van der Waals surface area contributed by atoms with Gasteiger partial charge in [-0.2, -0.15) is 5.26 Å². The second-order valence-electron chi connectivity index (χ2n) is 7.99. The second kappa shape index (κ2) is 11.0. The summed E-state index contributed by atoms with van der Waals surface area (Å²) in [7, 11) is -3.85. The van der Waals surface area contributed by atoms with Gasteiger partial charge >= 0.3 is 0 Å². The van der Waals surface area contributed by atoms with Crippen molar-refractivity contribution in [3.63, 3.8) is 0 Å². The van der Waals surface area contributed by atoms with Crippen LogP contribution in [0.3, 0.4) is 0 Å². The minimum atomic E-state index is -3.85. The summed E-state index contributed by atoms with van der Waals surface area (Å²) in [6.45, 7) is 0.0440. The molecule has 1 amide bonds. The van der Waals surface area contributed by atoms with E-state index in [-0.39, 0.29) is 23.9 Å². The first-order chi connectivity index (χ1) is 17.4. The van der Waals surface area contributed by atoms with E-state index in [1.54, 1.807) is 66.7 Å². The number of halogens is 1. The number of sulfonamides is 1. The zero-order valence-corrected chi connectivity index (χ0v) is 19.9. The van der Waals surface area contributed by atoms with E-state index in [1.165, 1.54) is 30.3 Å². The summed E-state index contributed by atoms with van der Waals surface area (Å²) in [5.74, 6) is -0.794. The number of nitrogens with zero attached hydrogens (tertiary/aromatic N) is 1. The van der Waals surface area contributed by atoms with Crippen LogP contribution in [0.4, 0.5) is 4.39 Å². The summed E-state index contributed by atoms with van der Waals surface area (Å²) in [6.07, 6.45) is 0. The highest BCUT2D eigenvalue weighted by atomic mass is 32.2. The molecule has 0 radical (unpaired) electrons. The summed E-state index contributed by atoms with van der Waals surface area (Å²) in [5.41, 5.74) is 3.24. The number of carbonyl (C=O) groups excluding carboxylic acids is 1. The van der Waals surface area contributed by atoms with Crippen LogP contribution in [0.15, 0.2) is 102 Å². The van der Waals surface area contributed by atoms with Crippen LogP contribution in [0.2, 0.25) is 0 Å². The molecule has 2 N–H and O–H groups in total. The van der Waals surface area contributed by atoms with Crippen molar-refractivity contribution >= 4 is 15.9 Å². The Morgan fingerprint density at radius 3 is 2.22 bits per heavy atom. The minimum absolute atomic E-state index is 0.0361. The molecule has 36 heavy (non-hydrogen) atoms. The predicted octanol–water partition coefficient (Wildman–Crippen LogP) is 4.77.